The zero-order valence-electron chi connectivity index (χ0n) is 13.4. The number of non-ortho nitro benzene ring substituents is 1. The molecule has 2 atom stereocenters. The fraction of sp³-hybridized carbons (Fsp3) is 0.250. The van der Waals surface area contributed by atoms with Crippen LogP contribution in [0.25, 0.3) is 0 Å². The van der Waals surface area contributed by atoms with E-state index >= 15 is 0 Å². The first-order chi connectivity index (χ1) is 11.9. The van der Waals surface area contributed by atoms with E-state index in [-0.39, 0.29) is 5.69 Å². The second kappa shape index (κ2) is 6.63. The maximum absolute atomic E-state index is 13.2. The molecule has 0 aromatic heterocycles. The molecule has 2 aromatic carbocycles. The van der Waals surface area contributed by atoms with E-state index in [0.29, 0.717) is 11.1 Å². The summed E-state index contributed by atoms with van der Waals surface area (Å²) in [4.78, 5) is 10.3. The highest BCUT2D eigenvalue weighted by atomic mass is 79.9. The molecule has 0 N–H and O–H groups in total. The average molecular weight is 428 g/mol. The van der Waals surface area contributed by atoms with Gasteiger partial charge >= 0.3 is 7.60 Å². The van der Waals surface area contributed by atoms with Gasteiger partial charge < -0.3 is 13.8 Å². The van der Waals surface area contributed by atoms with Gasteiger partial charge in [-0.1, -0.05) is 28.1 Å². The fourth-order valence-electron chi connectivity index (χ4n) is 2.83. The van der Waals surface area contributed by atoms with Crippen molar-refractivity contribution in [1.82, 2.24) is 0 Å². The number of ether oxygens (including phenoxy) is 1. The standard InChI is InChI=1S/C16H15BrNO6P/c1-22-25(21,23-2)16(12-5-7-13(17)8-6-12)15(24-16)11-3-9-14(10-4-11)18(19)20/h3-10,15H,1-2H3/t15-,16+/m1/s1. The van der Waals surface area contributed by atoms with Gasteiger partial charge in [0.25, 0.3) is 5.69 Å². The van der Waals surface area contributed by atoms with Crippen molar-refractivity contribution in [3.05, 3.63) is 74.2 Å². The third-order valence-corrected chi connectivity index (χ3v) is 7.05. The van der Waals surface area contributed by atoms with Crippen molar-refractivity contribution in [2.45, 2.75) is 11.4 Å². The lowest BCUT2D eigenvalue weighted by Gasteiger charge is -2.22. The molecule has 1 saturated heterocycles. The number of nitrogens with zero attached hydrogens (tertiary/aromatic N) is 1. The molecule has 0 radical (unpaired) electrons. The Bertz CT molecular complexity index is 833. The lowest BCUT2D eigenvalue weighted by Crippen LogP contribution is -2.14. The van der Waals surface area contributed by atoms with Crippen LogP contribution in [0.5, 0.6) is 0 Å². The van der Waals surface area contributed by atoms with E-state index in [2.05, 4.69) is 15.9 Å². The molecule has 1 aliphatic heterocycles. The van der Waals surface area contributed by atoms with E-state index in [4.69, 9.17) is 13.8 Å². The Morgan fingerprint density at radius 3 is 2.16 bits per heavy atom. The van der Waals surface area contributed by atoms with E-state index in [1.54, 1.807) is 36.4 Å². The van der Waals surface area contributed by atoms with Gasteiger partial charge in [-0.3, -0.25) is 14.7 Å². The smallest absolute Gasteiger partial charge is 0.343 e. The van der Waals surface area contributed by atoms with E-state index in [9.17, 15) is 14.7 Å². The molecule has 1 heterocycles. The molecule has 132 valence electrons. The van der Waals surface area contributed by atoms with E-state index in [0.717, 1.165) is 4.47 Å². The van der Waals surface area contributed by atoms with Crippen molar-refractivity contribution in [1.29, 1.82) is 0 Å². The minimum atomic E-state index is -3.63. The molecule has 3 rings (SSSR count). The normalized spacial score (nSPS) is 22.6. The highest BCUT2D eigenvalue weighted by molar-refractivity contribution is 9.10. The molecule has 0 spiro atoms. The number of nitro benzene ring substituents is 1. The minimum absolute atomic E-state index is 0.0275. The highest BCUT2D eigenvalue weighted by Gasteiger charge is 2.71. The summed E-state index contributed by atoms with van der Waals surface area (Å²) in [5, 5.41) is 9.53. The van der Waals surface area contributed by atoms with Crippen LogP contribution < -0.4 is 0 Å². The second-order valence-electron chi connectivity index (χ2n) is 5.41. The van der Waals surface area contributed by atoms with Gasteiger partial charge in [0, 0.05) is 30.8 Å². The van der Waals surface area contributed by atoms with Gasteiger partial charge in [0.05, 0.1) is 4.92 Å². The Balaban J connectivity index is 2.05. The molecule has 2 aromatic rings. The van der Waals surface area contributed by atoms with E-state index in [1.807, 2.05) is 0 Å². The fourth-order valence-corrected chi connectivity index (χ4v) is 4.92. The lowest BCUT2D eigenvalue weighted by atomic mass is 10.0. The van der Waals surface area contributed by atoms with Crippen LogP contribution in [0.4, 0.5) is 5.69 Å². The van der Waals surface area contributed by atoms with Gasteiger partial charge in [-0.25, -0.2) is 0 Å². The average Bonchev–Trinajstić information content (AvgIpc) is 3.39. The number of halogens is 1. The first kappa shape index (κ1) is 18.2. The Morgan fingerprint density at radius 2 is 1.68 bits per heavy atom. The lowest BCUT2D eigenvalue weighted by molar-refractivity contribution is -0.384. The Labute approximate surface area is 152 Å². The van der Waals surface area contributed by atoms with Crippen molar-refractivity contribution in [2.24, 2.45) is 0 Å². The van der Waals surface area contributed by atoms with Crippen LogP contribution in [0, 0.1) is 10.1 Å². The predicted molar refractivity (Wildman–Crippen MR) is 94.4 cm³/mol. The van der Waals surface area contributed by atoms with Crippen LogP contribution >= 0.6 is 23.5 Å². The third kappa shape index (κ3) is 2.94. The van der Waals surface area contributed by atoms with Crippen LogP contribution in [0.1, 0.15) is 17.2 Å². The van der Waals surface area contributed by atoms with Gasteiger partial charge in [0.1, 0.15) is 6.10 Å². The monoisotopic (exact) mass is 427 g/mol. The summed E-state index contributed by atoms with van der Waals surface area (Å²) in [6, 6.07) is 13.1. The molecule has 1 fully saturated rings. The van der Waals surface area contributed by atoms with E-state index in [1.165, 1.54) is 26.4 Å². The molecular formula is C16H15BrNO6P. The van der Waals surface area contributed by atoms with Gasteiger partial charge in [0.15, 0.2) is 0 Å². The van der Waals surface area contributed by atoms with Gasteiger partial charge in [-0.15, -0.1) is 0 Å². The number of epoxide rings is 1. The highest BCUT2D eigenvalue weighted by Crippen LogP contribution is 2.79. The van der Waals surface area contributed by atoms with Crippen LogP contribution in [0.3, 0.4) is 0 Å². The maximum Gasteiger partial charge on any atom is 0.369 e. The number of benzene rings is 2. The van der Waals surface area contributed by atoms with Gasteiger partial charge in [-0.2, -0.15) is 0 Å². The van der Waals surface area contributed by atoms with Crippen LogP contribution in [0.2, 0.25) is 0 Å². The second-order valence-corrected chi connectivity index (χ2v) is 8.72. The predicted octanol–water partition coefficient (Wildman–Crippen LogP) is 4.77. The van der Waals surface area contributed by atoms with Crippen molar-refractivity contribution < 1.29 is 23.3 Å². The minimum Gasteiger partial charge on any atom is -0.343 e. The molecule has 7 nitrogen and oxygen atoms in total. The summed E-state index contributed by atoms with van der Waals surface area (Å²) < 4.78 is 30.3. The number of rotatable bonds is 6. The Morgan fingerprint density at radius 1 is 1.12 bits per heavy atom. The van der Waals surface area contributed by atoms with Crippen molar-refractivity contribution >= 4 is 29.2 Å². The summed E-state index contributed by atoms with van der Waals surface area (Å²) in [7, 11) is -1.02. The molecule has 1 aliphatic rings. The molecule has 0 aliphatic carbocycles. The number of hydrogen-bond donors (Lipinski definition) is 0. The maximum atomic E-state index is 13.2. The van der Waals surface area contributed by atoms with Gasteiger partial charge in [0.2, 0.25) is 5.34 Å². The van der Waals surface area contributed by atoms with Crippen molar-refractivity contribution in [3.8, 4) is 0 Å². The van der Waals surface area contributed by atoms with Crippen molar-refractivity contribution in [2.75, 3.05) is 14.2 Å². The largest absolute Gasteiger partial charge is 0.369 e. The first-order valence-corrected chi connectivity index (χ1v) is 9.61. The Kier molecular flexibility index (Phi) is 4.83. The molecule has 25 heavy (non-hydrogen) atoms. The molecule has 0 bridgehead atoms. The van der Waals surface area contributed by atoms with Crippen LogP contribution in [-0.4, -0.2) is 19.1 Å². The SMILES string of the molecule is COP(=O)(OC)[C@]1(c2ccc(Br)cc2)O[C@@H]1c1ccc([N+](=O)[O-])cc1. The van der Waals surface area contributed by atoms with Crippen molar-refractivity contribution in [3.63, 3.8) is 0 Å². The molecule has 0 amide bonds. The summed E-state index contributed by atoms with van der Waals surface area (Å²) >= 11 is 3.36. The first-order valence-electron chi connectivity index (χ1n) is 7.28. The Hall–Kier alpha value is -1.57. The zero-order valence-corrected chi connectivity index (χ0v) is 15.9. The molecule has 0 saturated carbocycles. The van der Waals surface area contributed by atoms with Gasteiger partial charge in [-0.05, 0) is 35.4 Å². The zero-order chi connectivity index (χ0) is 18.2. The summed E-state index contributed by atoms with van der Waals surface area (Å²) in [6.07, 6.45) is -0.597. The third-order valence-electron chi connectivity index (χ3n) is 4.15. The quantitative estimate of drug-likeness (QED) is 0.285. The molecule has 9 heteroatoms. The number of hydrogen-bond acceptors (Lipinski definition) is 6. The van der Waals surface area contributed by atoms with Crippen LogP contribution in [0.15, 0.2) is 53.0 Å². The molecule has 0 unspecified atom stereocenters. The summed E-state index contributed by atoms with van der Waals surface area (Å²) in [5.41, 5.74) is 1.27. The topological polar surface area (TPSA) is 91.2 Å². The summed E-state index contributed by atoms with van der Waals surface area (Å²) in [5.74, 6) is 0. The summed E-state index contributed by atoms with van der Waals surface area (Å²) in [6.45, 7) is 0. The van der Waals surface area contributed by atoms with E-state index < -0.39 is 24.0 Å². The molecular weight excluding hydrogens is 413 g/mol. The van der Waals surface area contributed by atoms with Crippen LogP contribution in [-0.2, 0) is 23.7 Å². The number of nitro groups is 1.